The fraction of sp³-hybridized carbons (Fsp3) is 0.286. The van der Waals surface area contributed by atoms with Crippen molar-refractivity contribution in [1.29, 1.82) is 0 Å². The van der Waals surface area contributed by atoms with E-state index >= 15 is 0 Å². The first-order valence-corrected chi connectivity index (χ1v) is 5.76. The van der Waals surface area contributed by atoms with Crippen LogP contribution in [0, 0.1) is 18.6 Å². The minimum Gasteiger partial charge on any atom is -0.469 e. The summed E-state index contributed by atoms with van der Waals surface area (Å²) in [7, 11) is 1.81. The zero-order valence-electron chi connectivity index (χ0n) is 10.3. The highest BCUT2D eigenvalue weighted by atomic mass is 19.1. The second-order valence-electron chi connectivity index (χ2n) is 4.31. The van der Waals surface area contributed by atoms with Crippen molar-refractivity contribution in [2.45, 2.75) is 19.4 Å². The molecule has 0 amide bonds. The third-order valence-corrected chi connectivity index (χ3v) is 2.86. The SMILES string of the molecule is CNC(Cc1cc(F)cc(F)c1)c1coc(C)c1. The summed E-state index contributed by atoms with van der Waals surface area (Å²) in [6.07, 6.45) is 2.16. The van der Waals surface area contributed by atoms with Gasteiger partial charge in [-0.2, -0.15) is 0 Å². The molecule has 0 spiro atoms. The quantitative estimate of drug-likeness (QED) is 0.901. The molecule has 0 aliphatic heterocycles. The first-order valence-electron chi connectivity index (χ1n) is 5.76. The van der Waals surface area contributed by atoms with E-state index in [0.29, 0.717) is 12.0 Å². The lowest BCUT2D eigenvalue weighted by Crippen LogP contribution is -2.18. The van der Waals surface area contributed by atoms with E-state index in [2.05, 4.69) is 5.32 Å². The van der Waals surface area contributed by atoms with E-state index in [-0.39, 0.29) is 6.04 Å². The van der Waals surface area contributed by atoms with Crippen LogP contribution in [0.2, 0.25) is 0 Å². The zero-order chi connectivity index (χ0) is 13.1. The molecule has 4 heteroatoms. The van der Waals surface area contributed by atoms with E-state index in [4.69, 9.17) is 4.42 Å². The Bertz CT molecular complexity index is 516. The minimum atomic E-state index is -0.553. The molecule has 18 heavy (non-hydrogen) atoms. The maximum atomic E-state index is 13.1. The number of nitrogens with one attached hydrogen (secondary N) is 1. The maximum absolute atomic E-state index is 13.1. The van der Waals surface area contributed by atoms with Gasteiger partial charge < -0.3 is 9.73 Å². The Labute approximate surface area is 105 Å². The summed E-state index contributed by atoms with van der Waals surface area (Å²) in [6.45, 7) is 1.86. The van der Waals surface area contributed by atoms with E-state index in [9.17, 15) is 8.78 Å². The number of furan rings is 1. The Hall–Kier alpha value is -1.68. The number of aryl methyl sites for hydroxylation is 1. The molecule has 2 rings (SSSR count). The van der Waals surface area contributed by atoms with Gasteiger partial charge in [0.25, 0.3) is 0 Å². The number of hydrogen-bond acceptors (Lipinski definition) is 2. The summed E-state index contributed by atoms with van der Waals surface area (Å²) in [5, 5.41) is 3.11. The second-order valence-corrected chi connectivity index (χ2v) is 4.31. The number of rotatable bonds is 4. The highest BCUT2D eigenvalue weighted by Crippen LogP contribution is 2.21. The van der Waals surface area contributed by atoms with Gasteiger partial charge in [-0.25, -0.2) is 8.78 Å². The summed E-state index contributed by atoms with van der Waals surface area (Å²) in [5.41, 5.74) is 1.59. The molecule has 1 atom stereocenters. The van der Waals surface area contributed by atoms with E-state index in [1.54, 1.807) is 6.26 Å². The summed E-state index contributed by atoms with van der Waals surface area (Å²) >= 11 is 0. The van der Waals surface area contributed by atoms with Crippen molar-refractivity contribution in [3.05, 3.63) is 59.1 Å². The van der Waals surface area contributed by atoms with Crippen LogP contribution in [0.5, 0.6) is 0 Å². The van der Waals surface area contributed by atoms with Gasteiger partial charge in [-0.1, -0.05) is 0 Å². The molecular weight excluding hydrogens is 236 g/mol. The van der Waals surface area contributed by atoms with Crippen LogP contribution in [0.3, 0.4) is 0 Å². The molecule has 2 aromatic rings. The molecule has 0 radical (unpaired) electrons. The van der Waals surface area contributed by atoms with E-state index in [0.717, 1.165) is 17.4 Å². The summed E-state index contributed by atoms with van der Waals surface area (Å²) in [5.74, 6) is -0.290. The first-order chi connectivity index (χ1) is 8.58. The molecule has 2 nitrogen and oxygen atoms in total. The topological polar surface area (TPSA) is 25.2 Å². The van der Waals surface area contributed by atoms with Crippen molar-refractivity contribution >= 4 is 0 Å². The van der Waals surface area contributed by atoms with Gasteiger partial charge >= 0.3 is 0 Å². The molecule has 0 fully saturated rings. The summed E-state index contributed by atoms with van der Waals surface area (Å²) in [6, 6.07) is 5.46. The lowest BCUT2D eigenvalue weighted by Gasteiger charge is -2.14. The highest BCUT2D eigenvalue weighted by molar-refractivity contribution is 5.23. The molecule has 96 valence electrons. The van der Waals surface area contributed by atoms with Crippen LogP contribution in [-0.4, -0.2) is 7.05 Å². The molecule has 1 heterocycles. The third-order valence-electron chi connectivity index (χ3n) is 2.86. The van der Waals surface area contributed by atoms with Crippen LogP contribution >= 0.6 is 0 Å². The van der Waals surface area contributed by atoms with Gasteiger partial charge in [-0.15, -0.1) is 0 Å². The van der Waals surface area contributed by atoms with Gasteiger partial charge in [0.15, 0.2) is 0 Å². The van der Waals surface area contributed by atoms with Gasteiger partial charge in [0, 0.05) is 17.7 Å². The number of hydrogen-bond donors (Lipinski definition) is 1. The Kier molecular flexibility index (Phi) is 3.77. The van der Waals surface area contributed by atoms with E-state index < -0.39 is 11.6 Å². The number of benzene rings is 1. The van der Waals surface area contributed by atoms with Crippen LogP contribution in [0.4, 0.5) is 8.78 Å². The molecule has 1 N–H and O–H groups in total. The van der Waals surface area contributed by atoms with Crippen LogP contribution in [-0.2, 0) is 6.42 Å². The summed E-state index contributed by atoms with van der Waals surface area (Å²) in [4.78, 5) is 0. The highest BCUT2D eigenvalue weighted by Gasteiger charge is 2.13. The van der Waals surface area contributed by atoms with Gasteiger partial charge in [-0.05, 0) is 44.2 Å². The van der Waals surface area contributed by atoms with Gasteiger partial charge in [0.1, 0.15) is 17.4 Å². The largest absolute Gasteiger partial charge is 0.469 e. The second kappa shape index (κ2) is 5.31. The molecule has 1 aromatic carbocycles. The van der Waals surface area contributed by atoms with Crippen molar-refractivity contribution < 1.29 is 13.2 Å². The molecule has 0 saturated heterocycles. The lowest BCUT2D eigenvalue weighted by molar-refractivity contribution is 0.519. The monoisotopic (exact) mass is 251 g/mol. The van der Waals surface area contributed by atoms with Crippen molar-refractivity contribution in [1.82, 2.24) is 5.32 Å². The van der Waals surface area contributed by atoms with Crippen molar-refractivity contribution in [3.63, 3.8) is 0 Å². The molecule has 0 saturated carbocycles. The molecule has 1 unspecified atom stereocenters. The number of halogens is 2. The first kappa shape index (κ1) is 12.8. The average Bonchev–Trinajstić information content (AvgIpc) is 2.71. The minimum absolute atomic E-state index is 0.0244. The number of likely N-dealkylation sites (N-methyl/N-ethyl adjacent to an activating group) is 1. The Balaban J connectivity index is 2.20. The standard InChI is InChI=1S/C14H15F2NO/c1-9-3-11(8-18-9)14(17-2)6-10-4-12(15)7-13(16)5-10/h3-5,7-8,14,17H,6H2,1-2H3. The van der Waals surface area contributed by atoms with E-state index in [1.165, 1.54) is 12.1 Å². The van der Waals surface area contributed by atoms with Crippen molar-refractivity contribution in [3.8, 4) is 0 Å². The summed E-state index contributed by atoms with van der Waals surface area (Å²) < 4.78 is 31.5. The molecule has 0 bridgehead atoms. The van der Waals surface area contributed by atoms with Crippen LogP contribution in [0.25, 0.3) is 0 Å². The van der Waals surface area contributed by atoms with Crippen LogP contribution in [0.1, 0.15) is 22.9 Å². The Morgan fingerprint density at radius 2 is 1.83 bits per heavy atom. The molecule has 0 aliphatic rings. The van der Waals surface area contributed by atoms with Crippen molar-refractivity contribution in [2.24, 2.45) is 0 Å². The zero-order valence-corrected chi connectivity index (χ0v) is 10.3. The average molecular weight is 251 g/mol. The molecule has 0 aliphatic carbocycles. The van der Waals surface area contributed by atoms with Crippen LogP contribution in [0.15, 0.2) is 34.9 Å². The van der Waals surface area contributed by atoms with Crippen molar-refractivity contribution in [2.75, 3.05) is 7.05 Å². The molecular formula is C14H15F2NO. The van der Waals surface area contributed by atoms with Crippen LogP contribution < -0.4 is 5.32 Å². The Morgan fingerprint density at radius 3 is 2.33 bits per heavy atom. The third kappa shape index (κ3) is 2.96. The smallest absolute Gasteiger partial charge is 0.126 e. The lowest BCUT2D eigenvalue weighted by atomic mass is 10.0. The van der Waals surface area contributed by atoms with Gasteiger partial charge in [0.05, 0.1) is 6.26 Å². The Morgan fingerprint density at radius 1 is 1.17 bits per heavy atom. The fourth-order valence-corrected chi connectivity index (χ4v) is 2.00. The van der Waals surface area contributed by atoms with Gasteiger partial charge in [0.2, 0.25) is 0 Å². The predicted molar refractivity (Wildman–Crippen MR) is 65.3 cm³/mol. The maximum Gasteiger partial charge on any atom is 0.126 e. The fourth-order valence-electron chi connectivity index (χ4n) is 2.00. The normalized spacial score (nSPS) is 12.7. The predicted octanol–water partition coefficient (Wildman–Crippen LogP) is 3.37. The van der Waals surface area contributed by atoms with Gasteiger partial charge in [-0.3, -0.25) is 0 Å². The molecule has 1 aromatic heterocycles. The van der Waals surface area contributed by atoms with E-state index in [1.807, 2.05) is 20.0 Å².